The van der Waals surface area contributed by atoms with Gasteiger partial charge in [0.2, 0.25) is 10.0 Å². The Bertz CT molecular complexity index is 530. The van der Waals surface area contributed by atoms with Crippen LogP contribution in [-0.4, -0.2) is 31.6 Å². The Morgan fingerprint density at radius 1 is 1.20 bits per heavy atom. The zero-order valence-electron chi connectivity index (χ0n) is 11.3. The van der Waals surface area contributed by atoms with Crippen molar-refractivity contribution in [3.05, 3.63) is 29.8 Å². The van der Waals surface area contributed by atoms with Gasteiger partial charge in [0.05, 0.1) is 11.0 Å². The molecule has 1 aliphatic carbocycles. The van der Waals surface area contributed by atoms with Crippen LogP contribution >= 0.6 is 11.6 Å². The molecule has 0 radical (unpaired) electrons. The van der Waals surface area contributed by atoms with E-state index in [1.807, 2.05) is 0 Å². The van der Waals surface area contributed by atoms with Crippen LogP contribution in [0.3, 0.4) is 0 Å². The second kappa shape index (κ2) is 6.89. The molecule has 1 aliphatic rings. The predicted octanol–water partition coefficient (Wildman–Crippen LogP) is 2.05. The van der Waals surface area contributed by atoms with Crippen LogP contribution in [0.15, 0.2) is 29.2 Å². The molecule has 0 aromatic heterocycles. The third-order valence-corrected chi connectivity index (χ3v) is 5.35. The lowest BCUT2D eigenvalue weighted by atomic mass is 9.93. The summed E-state index contributed by atoms with van der Waals surface area (Å²) in [5, 5.41) is 9.85. The Labute approximate surface area is 125 Å². The summed E-state index contributed by atoms with van der Waals surface area (Å²) < 4.78 is 27.1. The summed E-state index contributed by atoms with van der Waals surface area (Å²) in [4.78, 5) is 0.230. The lowest BCUT2D eigenvalue weighted by Gasteiger charge is -2.28. The van der Waals surface area contributed by atoms with Crippen molar-refractivity contribution < 1.29 is 13.5 Å². The highest BCUT2D eigenvalue weighted by atomic mass is 35.5. The molecule has 0 heterocycles. The average molecular weight is 318 g/mol. The van der Waals surface area contributed by atoms with Gasteiger partial charge in [-0.1, -0.05) is 25.0 Å². The molecule has 6 heteroatoms. The summed E-state index contributed by atoms with van der Waals surface area (Å²) in [6.07, 6.45) is 3.36. The van der Waals surface area contributed by atoms with E-state index in [2.05, 4.69) is 4.72 Å². The van der Waals surface area contributed by atoms with Crippen molar-refractivity contribution in [2.45, 2.75) is 49.1 Å². The largest absolute Gasteiger partial charge is 0.391 e. The van der Waals surface area contributed by atoms with Crippen LogP contribution in [0.5, 0.6) is 0 Å². The Balaban J connectivity index is 2.09. The van der Waals surface area contributed by atoms with Gasteiger partial charge in [0.15, 0.2) is 0 Å². The van der Waals surface area contributed by atoms with E-state index in [9.17, 15) is 13.5 Å². The summed E-state index contributed by atoms with van der Waals surface area (Å²) in [6, 6.07) is 6.33. The minimum Gasteiger partial charge on any atom is -0.391 e. The molecule has 1 aromatic carbocycles. The topological polar surface area (TPSA) is 66.4 Å². The number of hydrogen-bond donors (Lipinski definition) is 2. The van der Waals surface area contributed by atoms with Gasteiger partial charge < -0.3 is 5.11 Å². The van der Waals surface area contributed by atoms with Crippen molar-refractivity contribution in [3.8, 4) is 0 Å². The first-order chi connectivity index (χ1) is 9.53. The summed E-state index contributed by atoms with van der Waals surface area (Å²) in [5.41, 5.74) is 1.01. The Hall–Kier alpha value is -0.620. The molecule has 20 heavy (non-hydrogen) atoms. The quantitative estimate of drug-likeness (QED) is 0.817. The lowest BCUT2D eigenvalue weighted by Crippen LogP contribution is -2.44. The molecule has 0 unspecified atom stereocenters. The molecule has 0 amide bonds. The highest BCUT2D eigenvalue weighted by Crippen LogP contribution is 2.21. The number of halogens is 1. The van der Waals surface area contributed by atoms with E-state index in [1.165, 1.54) is 0 Å². The number of alkyl halides is 1. The van der Waals surface area contributed by atoms with Crippen LogP contribution < -0.4 is 4.72 Å². The Kier molecular flexibility index (Phi) is 5.43. The number of rotatable bonds is 5. The minimum atomic E-state index is -3.57. The first-order valence-corrected chi connectivity index (χ1v) is 8.90. The van der Waals surface area contributed by atoms with E-state index in [0.717, 1.165) is 24.8 Å². The van der Waals surface area contributed by atoms with E-state index in [4.69, 9.17) is 11.6 Å². The van der Waals surface area contributed by atoms with Crippen LogP contribution in [0.25, 0.3) is 0 Å². The zero-order valence-corrected chi connectivity index (χ0v) is 12.8. The van der Waals surface area contributed by atoms with Crippen molar-refractivity contribution in [2.24, 2.45) is 0 Å². The number of hydrogen-bond acceptors (Lipinski definition) is 3. The maximum absolute atomic E-state index is 12.3. The van der Waals surface area contributed by atoms with Crippen LogP contribution in [0.4, 0.5) is 0 Å². The summed E-state index contributed by atoms with van der Waals surface area (Å²) in [7, 11) is -3.57. The van der Waals surface area contributed by atoms with E-state index in [1.54, 1.807) is 24.3 Å². The predicted molar refractivity (Wildman–Crippen MR) is 79.5 cm³/mol. The van der Waals surface area contributed by atoms with Gasteiger partial charge in [0.25, 0.3) is 0 Å². The first-order valence-electron chi connectivity index (χ1n) is 6.88. The fourth-order valence-electron chi connectivity index (χ4n) is 2.46. The van der Waals surface area contributed by atoms with Crippen molar-refractivity contribution in [2.75, 3.05) is 5.88 Å². The summed E-state index contributed by atoms with van der Waals surface area (Å²) >= 11 is 5.65. The first kappa shape index (κ1) is 15.8. The van der Waals surface area contributed by atoms with E-state index >= 15 is 0 Å². The molecular weight excluding hydrogens is 298 g/mol. The SMILES string of the molecule is O=S(=O)(N[C@H]1CCCC[C@@H]1O)c1ccc(CCCl)cc1. The van der Waals surface area contributed by atoms with Gasteiger partial charge in [-0.15, -0.1) is 11.6 Å². The van der Waals surface area contributed by atoms with Crippen molar-refractivity contribution >= 4 is 21.6 Å². The molecule has 2 rings (SSSR count). The molecule has 0 saturated heterocycles. The molecule has 0 spiro atoms. The van der Waals surface area contributed by atoms with Crippen molar-refractivity contribution in [3.63, 3.8) is 0 Å². The Morgan fingerprint density at radius 2 is 1.85 bits per heavy atom. The normalized spacial score (nSPS) is 23.7. The van der Waals surface area contributed by atoms with E-state index < -0.39 is 16.1 Å². The Morgan fingerprint density at radius 3 is 2.45 bits per heavy atom. The molecule has 0 aliphatic heterocycles. The zero-order chi connectivity index (χ0) is 14.6. The number of benzene rings is 1. The van der Waals surface area contributed by atoms with E-state index in [-0.39, 0.29) is 10.9 Å². The van der Waals surface area contributed by atoms with Gasteiger partial charge in [-0.25, -0.2) is 13.1 Å². The molecule has 2 atom stereocenters. The molecule has 2 N–H and O–H groups in total. The molecule has 112 valence electrons. The monoisotopic (exact) mass is 317 g/mol. The van der Waals surface area contributed by atoms with Gasteiger partial charge in [0, 0.05) is 11.9 Å². The van der Waals surface area contributed by atoms with Crippen LogP contribution in [0.2, 0.25) is 0 Å². The summed E-state index contributed by atoms with van der Waals surface area (Å²) in [5.74, 6) is 0.513. The van der Waals surface area contributed by atoms with Gasteiger partial charge in [-0.3, -0.25) is 0 Å². The number of nitrogens with one attached hydrogen (secondary N) is 1. The maximum Gasteiger partial charge on any atom is 0.240 e. The number of sulfonamides is 1. The minimum absolute atomic E-state index is 0.230. The van der Waals surface area contributed by atoms with Crippen LogP contribution in [-0.2, 0) is 16.4 Å². The summed E-state index contributed by atoms with van der Waals surface area (Å²) in [6.45, 7) is 0. The second-order valence-corrected chi connectivity index (χ2v) is 7.25. The average Bonchev–Trinajstić information content (AvgIpc) is 2.42. The maximum atomic E-state index is 12.3. The molecule has 1 aromatic rings. The highest BCUT2D eigenvalue weighted by molar-refractivity contribution is 7.89. The fraction of sp³-hybridized carbons (Fsp3) is 0.571. The fourth-order valence-corrected chi connectivity index (χ4v) is 3.98. The van der Waals surface area contributed by atoms with E-state index in [0.29, 0.717) is 18.7 Å². The van der Waals surface area contributed by atoms with Crippen LogP contribution in [0.1, 0.15) is 31.2 Å². The van der Waals surface area contributed by atoms with Gasteiger partial charge in [-0.2, -0.15) is 0 Å². The van der Waals surface area contributed by atoms with Gasteiger partial charge in [-0.05, 0) is 37.0 Å². The van der Waals surface area contributed by atoms with Gasteiger partial charge in [0.1, 0.15) is 0 Å². The molecule has 0 bridgehead atoms. The highest BCUT2D eigenvalue weighted by Gasteiger charge is 2.27. The molecular formula is C14H20ClNO3S. The molecule has 4 nitrogen and oxygen atoms in total. The van der Waals surface area contributed by atoms with Crippen LogP contribution in [0, 0.1) is 0 Å². The third kappa shape index (κ3) is 3.95. The van der Waals surface area contributed by atoms with Crippen molar-refractivity contribution in [1.29, 1.82) is 0 Å². The number of aliphatic hydroxyl groups excluding tert-OH is 1. The lowest BCUT2D eigenvalue weighted by molar-refractivity contribution is 0.101. The standard InChI is InChI=1S/C14H20ClNO3S/c15-10-9-11-5-7-12(8-6-11)20(18,19)16-13-3-1-2-4-14(13)17/h5-8,13-14,16-17H,1-4,9-10H2/t13-,14-/m0/s1. The number of aryl methyl sites for hydroxylation is 1. The molecule has 1 saturated carbocycles. The number of aliphatic hydroxyl groups is 1. The molecule has 1 fully saturated rings. The van der Waals surface area contributed by atoms with Gasteiger partial charge >= 0.3 is 0 Å². The smallest absolute Gasteiger partial charge is 0.240 e. The van der Waals surface area contributed by atoms with Crippen molar-refractivity contribution in [1.82, 2.24) is 4.72 Å². The second-order valence-electron chi connectivity index (χ2n) is 5.16. The third-order valence-electron chi connectivity index (χ3n) is 3.65.